The highest BCUT2D eigenvalue weighted by Crippen LogP contribution is 2.27. The van der Waals surface area contributed by atoms with Crippen molar-refractivity contribution in [1.82, 2.24) is 0 Å². The number of benzene rings is 1. The Morgan fingerprint density at radius 3 is 2.41 bits per heavy atom. The molecule has 0 bridgehead atoms. The van der Waals surface area contributed by atoms with E-state index in [1.54, 1.807) is 13.0 Å². The van der Waals surface area contributed by atoms with E-state index in [4.69, 9.17) is 16.3 Å². The van der Waals surface area contributed by atoms with Crippen LogP contribution in [0.3, 0.4) is 0 Å². The number of nitrogens with zero attached hydrogens (tertiary/aromatic N) is 3. The number of rotatable bonds is 4. The first-order valence-corrected chi connectivity index (χ1v) is 5.14. The van der Waals surface area contributed by atoms with Crippen molar-refractivity contribution in [2.24, 2.45) is 5.73 Å². The Kier molecular flexibility index (Phi) is 4.45. The lowest BCUT2D eigenvalue weighted by Crippen LogP contribution is -2.26. The molecule has 0 amide bonds. The first kappa shape index (κ1) is 13.0. The molecule has 0 aliphatic carbocycles. The van der Waals surface area contributed by atoms with Gasteiger partial charge in [-0.2, -0.15) is 10.5 Å². The smallest absolute Gasteiger partial charge is 0.130 e. The highest BCUT2D eigenvalue weighted by molar-refractivity contribution is 5.56. The van der Waals surface area contributed by atoms with Crippen molar-refractivity contribution in [2.45, 2.75) is 13.0 Å². The van der Waals surface area contributed by atoms with E-state index in [1.807, 2.05) is 12.1 Å². The van der Waals surface area contributed by atoms with Gasteiger partial charge in [-0.3, -0.25) is 0 Å². The summed E-state index contributed by atoms with van der Waals surface area (Å²) in [5, 5.41) is 17.4. The van der Waals surface area contributed by atoms with Gasteiger partial charge in [-0.05, 0) is 19.1 Å². The predicted octanol–water partition coefficient (Wildman–Crippen LogP) is 1.70. The van der Waals surface area contributed by atoms with Crippen LogP contribution in [0.1, 0.15) is 18.5 Å². The van der Waals surface area contributed by atoms with Gasteiger partial charge in [-0.25, -0.2) is 4.39 Å². The molecule has 0 unspecified atom stereocenters. The summed E-state index contributed by atoms with van der Waals surface area (Å²) in [7, 11) is 0. The van der Waals surface area contributed by atoms with Gasteiger partial charge in [0.2, 0.25) is 0 Å². The average Bonchev–Trinajstić information content (AvgIpc) is 2.28. The molecule has 0 aromatic heterocycles. The highest BCUT2D eigenvalue weighted by atomic mass is 19.1. The van der Waals surface area contributed by atoms with Gasteiger partial charge in [0.15, 0.2) is 0 Å². The monoisotopic (exact) mass is 232 g/mol. The Hall–Kier alpha value is -2.11. The molecule has 0 fully saturated rings. The summed E-state index contributed by atoms with van der Waals surface area (Å²) in [6.07, 6.45) is 0. The zero-order valence-electron chi connectivity index (χ0n) is 9.52. The zero-order valence-corrected chi connectivity index (χ0v) is 9.52. The number of anilines is 1. The molecule has 1 rings (SSSR count). The Labute approximate surface area is 99.7 Å². The van der Waals surface area contributed by atoms with E-state index in [1.165, 1.54) is 17.0 Å². The third kappa shape index (κ3) is 2.93. The molecule has 5 heteroatoms. The summed E-state index contributed by atoms with van der Waals surface area (Å²) in [4.78, 5) is 1.50. The lowest BCUT2D eigenvalue weighted by atomic mass is 10.0. The zero-order chi connectivity index (χ0) is 12.8. The molecular formula is C12H13FN4. The third-order valence-electron chi connectivity index (χ3n) is 2.35. The van der Waals surface area contributed by atoms with E-state index < -0.39 is 11.9 Å². The lowest BCUT2D eigenvalue weighted by Gasteiger charge is -2.23. The first-order valence-electron chi connectivity index (χ1n) is 5.14. The van der Waals surface area contributed by atoms with Gasteiger partial charge in [0.1, 0.15) is 18.9 Å². The van der Waals surface area contributed by atoms with Crippen LogP contribution in [0.4, 0.5) is 10.1 Å². The number of hydrogen-bond acceptors (Lipinski definition) is 4. The number of halogens is 1. The second-order valence-electron chi connectivity index (χ2n) is 3.63. The normalized spacial score (nSPS) is 11.4. The topological polar surface area (TPSA) is 76.8 Å². The Balaban J connectivity index is 3.24. The summed E-state index contributed by atoms with van der Waals surface area (Å²) in [6, 6.07) is 7.92. The van der Waals surface area contributed by atoms with Crippen molar-refractivity contribution in [1.29, 1.82) is 10.5 Å². The van der Waals surface area contributed by atoms with Crippen LogP contribution in [0.15, 0.2) is 18.2 Å². The molecule has 0 spiro atoms. The minimum absolute atomic E-state index is 0.0245. The van der Waals surface area contributed by atoms with E-state index in [9.17, 15) is 4.39 Å². The summed E-state index contributed by atoms with van der Waals surface area (Å²) >= 11 is 0. The average molecular weight is 232 g/mol. The molecule has 1 atom stereocenters. The molecule has 0 saturated heterocycles. The van der Waals surface area contributed by atoms with Gasteiger partial charge in [0.25, 0.3) is 0 Å². The maximum atomic E-state index is 13.7. The van der Waals surface area contributed by atoms with Gasteiger partial charge >= 0.3 is 0 Å². The van der Waals surface area contributed by atoms with Gasteiger partial charge in [-0.1, -0.05) is 6.07 Å². The molecule has 0 aliphatic heterocycles. The SMILES string of the molecule is C[C@H](N)c1c(F)cccc1N(CC#N)CC#N. The standard InChI is InChI=1S/C12H13FN4/c1-9(16)12-10(13)3-2-4-11(12)17(7-5-14)8-6-15/h2-4,9H,7-8,16H2,1H3/t9-/m0/s1. The minimum Gasteiger partial charge on any atom is -0.345 e. The second-order valence-corrected chi connectivity index (χ2v) is 3.63. The van der Waals surface area contributed by atoms with Crippen molar-refractivity contribution >= 4 is 5.69 Å². The van der Waals surface area contributed by atoms with E-state index in [0.717, 1.165) is 0 Å². The van der Waals surface area contributed by atoms with Crippen molar-refractivity contribution in [3.63, 3.8) is 0 Å². The molecule has 17 heavy (non-hydrogen) atoms. The van der Waals surface area contributed by atoms with E-state index in [0.29, 0.717) is 11.3 Å². The number of nitriles is 2. The molecule has 0 radical (unpaired) electrons. The maximum Gasteiger partial charge on any atom is 0.130 e. The second kappa shape index (κ2) is 5.83. The van der Waals surface area contributed by atoms with Gasteiger partial charge in [0.05, 0.1) is 12.1 Å². The van der Waals surface area contributed by atoms with Gasteiger partial charge in [-0.15, -0.1) is 0 Å². The van der Waals surface area contributed by atoms with Crippen LogP contribution in [0.2, 0.25) is 0 Å². The molecule has 1 aromatic rings. The highest BCUT2D eigenvalue weighted by Gasteiger charge is 2.17. The molecule has 88 valence electrons. The van der Waals surface area contributed by atoms with Crippen LogP contribution >= 0.6 is 0 Å². The van der Waals surface area contributed by atoms with Gasteiger partial charge < -0.3 is 10.6 Å². The molecule has 0 aliphatic rings. The fourth-order valence-corrected chi connectivity index (χ4v) is 1.65. The summed E-state index contributed by atoms with van der Waals surface area (Å²) in [5.74, 6) is -0.418. The molecule has 0 heterocycles. The Bertz CT molecular complexity index is 454. The minimum atomic E-state index is -0.494. The summed E-state index contributed by atoms with van der Waals surface area (Å²) < 4.78 is 13.7. The fraction of sp³-hybridized carbons (Fsp3) is 0.333. The van der Waals surface area contributed by atoms with E-state index in [-0.39, 0.29) is 13.1 Å². The van der Waals surface area contributed by atoms with Crippen LogP contribution < -0.4 is 10.6 Å². The van der Waals surface area contributed by atoms with Crippen molar-refractivity contribution < 1.29 is 4.39 Å². The van der Waals surface area contributed by atoms with Crippen molar-refractivity contribution in [3.8, 4) is 12.1 Å². The third-order valence-corrected chi connectivity index (χ3v) is 2.35. The fourth-order valence-electron chi connectivity index (χ4n) is 1.65. The molecule has 0 saturated carbocycles. The van der Waals surface area contributed by atoms with Crippen LogP contribution in [0, 0.1) is 28.5 Å². The Morgan fingerprint density at radius 2 is 1.94 bits per heavy atom. The lowest BCUT2D eigenvalue weighted by molar-refractivity contribution is 0.592. The van der Waals surface area contributed by atoms with Crippen LogP contribution in [0.25, 0.3) is 0 Å². The van der Waals surface area contributed by atoms with Crippen molar-refractivity contribution in [3.05, 3.63) is 29.6 Å². The van der Waals surface area contributed by atoms with E-state index in [2.05, 4.69) is 0 Å². The number of nitrogens with two attached hydrogens (primary N) is 1. The van der Waals surface area contributed by atoms with Crippen LogP contribution in [0.5, 0.6) is 0 Å². The maximum absolute atomic E-state index is 13.7. The molecule has 1 aromatic carbocycles. The van der Waals surface area contributed by atoms with Crippen LogP contribution in [-0.2, 0) is 0 Å². The van der Waals surface area contributed by atoms with Crippen molar-refractivity contribution in [2.75, 3.05) is 18.0 Å². The largest absolute Gasteiger partial charge is 0.345 e. The first-order chi connectivity index (χ1) is 8.11. The summed E-state index contributed by atoms with van der Waals surface area (Å²) in [6.45, 7) is 1.71. The van der Waals surface area contributed by atoms with E-state index >= 15 is 0 Å². The Morgan fingerprint density at radius 1 is 1.35 bits per heavy atom. The van der Waals surface area contributed by atoms with Gasteiger partial charge in [0, 0.05) is 17.3 Å². The van der Waals surface area contributed by atoms with Crippen LogP contribution in [-0.4, -0.2) is 13.1 Å². The molecule has 4 nitrogen and oxygen atoms in total. The number of hydrogen-bond donors (Lipinski definition) is 1. The molecule has 2 N–H and O–H groups in total. The quantitative estimate of drug-likeness (QED) is 0.801. The molecular weight excluding hydrogens is 219 g/mol. The predicted molar refractivity (Wildman–Crippen MR) is 62.4 cm³/mol. The summed E-state index contributed by atoms with van der Waals surface area (Å²) in [5.41, 5.74) is 6.55.